The predicted octanol–water partition coefficient (Wildman–Crippen LogP) is 2.51. The maximum atomic E-state index is 12.2. The molecule has 24 heavy (non-hydrogen) atoms. The Kier molecular flexibility index (Phi) is 5.93. The van der Waals surface area contributed by atoms with E-state index in [0.717, 1.165) is 38.7 Å². The molecule has 0 spiro atoms. The summed E-state index contributed by atoms with van der Waals surface area (Å²) in [4.78, 5) is 12.2. The number of amides is 1. The van der Waals surface area contributed by atoms with Gasteiger partial charge in [0.15, 0.2) is 6.29 Å². The van der Waals surface area contributed by atoms with E-state index in [-0.39, 0.29) is 12.2 Å². The molecule has 1 saturated heterocycles. The highest BCUT2D eigenvalue weighted by Gasteiger charge is 2.24. The lowest BCUT2D eigenvalue weighted by Gasteiger charge is -2.22. The van der Waals surface area contributed by atoms with Crippen molar-refractivity contribution < 1.29 is 23.7 Å². The van der Waals surface area contributed by atoms with Crippen molar-refractivity contribution in [3.63, 3.8) is 0 Å². The van der Waals surface area contributed by atoms with Gasteiger partial charge >= 0.3 is 0 Å². The Hall–Kier alpha value is -1.79. The van der Waals surface area contributed by atoms with Gasteiger partial charge in [-0.3, -0.25) is 4.79 Å². The Bertz CT molecular complexity index is 552. The summed E-state index contributed by atoms with van der Waals surface area (Å²) >= 11 is 0. The van der Waals surface area contributed by atoms with Crippen LogP contribution in [0.3, 0.4) is 0 Å². The Balaban J connectivity index is 1.50. The zero-order valence-electron chi connectivity index (χ0n) is 14.1. The van der Waals surface area contributed by atoms with Gasteiger partial charge < -0.3 is 24.3 Å². The summed E-state index contributed by atoms with van der Waals surface area (Å²) in [6.07, 6.45) is 5.17. The first-order valence-electron chi connectivity index (χ1n) is 8.60. The average Bonchev–Trinajstić information content (AvgIpc) is 3.43. The minimum absolute atomic E-state index is 0.0897. The standard InChI is InChI=1S/C18H25NO5/c1-21-15-10-13(18(20)19-14-5-6-14)11-16(12-15)22-8-9-24-17-4-2-3-7-23-17/h10-12,14,17H,2-9H2,1H3,(H,19,20). The van der Waals surface area contributed by atoms with Gasteiger partial charge in [-0.25, -0.2) is 0 Å². The van der Waals surface area contributed by atoms with Crippen LogP contribution in [0, 0.1) is 0 Å². The Morgan fingerprint density at radius 2 is 2.00 bits per heavy atom. The molecule has 2 fully saturated rings. The molecule has 1 aliphatic carbocycles. The minimum Gasteiger partial charge on any atom is -0.497 e. The number of hydrogen-bond acceptors (Lipinski definition) is 5. The largest absolute Gasteiger partial charge is 0.497 e. The van der Waals surface area contributed by atoms with Gasteiger partial charge in [-0.05, 0) is 44.2 Å². The number of rotatable bonds is 8. The topological polar surface area (TPSA) is 66.0 Å². The van der Waals surface area contributed by atoms with Crippen molar-refractivity contribution in [3.05, 3.63) is 23.8 Å². The number of nitrogens with one attached hydrogen (secondary N) is 1. The fourth-order valence-corrected chi connectivity index (χ4v) is 2.58. The molecular weight excluding hydrogens is 310 g/mol. The molecule has 1 amide bonds. The predicted molar refractivity (Wildman–Crippen MR) is 88.5 cm³/mol. The molecule has 1 aliphatic heterocycles. The Morgan fingerprint density at radius 1 is 1.17 bits per heavy atom. The van der Waals surface area contributed by atoms with Crippen LogP contribution in [-0.4, -0.2) is 45.2 Å². The molecule has 1 saturated carbocycles. The molecule has 1 N–H and O–H groups in total. The summed E-state index contributed by atoms with van der Waals surface area (Å²) < 4.78 is 22.1. The summed E-state index contributed by atoms with van der Waals surface area (Å²) in [6.45, 7) is 1.61. The monoisotopic (exact) mass is 335 g/mol. The van der Waals surface area contributed by atoms with E-state index in [1.807, 2.05) is 0 Å². The lowest BCUT2D eigenvalue weighted by molar-refractivity contribution is -0.165. The van der Waals surface area contributed by atoms with Gasteiger partial charge in [-0.1, -0.05) is 0 Å². The van der Waals surface area contributed by atoms with E-state index in [9.17, 15) is 4.79 Å². The second-order valence-corrected chi connectivity index (χ2v) is 6.16. The molecule has 1 atom stereocenters. The van der Waals surface area contributed by atoms with Crippen molar-refractivity contribution in [2.75, 3.05) is 26.9 Å². The highest BCUT2D eigenvalue weighted by atomic mass is 16.7. The smallest absolute Gasteiger partial charge is 0.251 e. The van der Waals surface area contributed by atoms with Gasteiger partial charge in [0, 0.05) is 24.3 Å². The van der Waals surface area contributed by atoms with Gasteiger partial charge in [-0.15, -0.1) is 0 Å². The molecule has 1 aromatic rings. The van der Waals surface area contributed by atoms with Gasteiger partial charge in [0.25, 0.3) is 5.91 Å². The van der Waals surface area contributed by atoms with Crippen LogP contribution in [0.4, 0.5) is 0 Å². The number of benzene rings is 1. The zero-order valence-corrected chi connectivity index (χ0v) is 14.1. The van der Waals surface area contributed by atoms with Crippen LogP contribution in [0.15, 0.2) is 18.2 Å². The van der Waals surface area contributed by atoms with E-state index >= 15 is 0 Å². The summed E-state index contributed by atoms with van der Waals surface area (Å²) in [5.74, 6) is 1.11. The van der Waals surface area contributed by atoms with Gasteiger partial charge in [0.2, 0.25) is 0 Å². The van der Waals surface area contributed by atoms with E-state index < -0.39 is 0 Å². The van der Waals surface area contributed by atoms with Crippen LogP contribution in [0.25, 0.3) is 0 Å². The number of carbonyl (C=O) groups excluding carboxylic acids is 1. The third-order valence-electron chi connectivity index (χ3n) is 4.08. The van der Waals surface area contributed by atoms with Crippen molar-refractivity contribution >= 4 is 5.91 Å². The molecule has 1 heterocycles. The quantitative estimate of drug-likeness (QED) is 0.740. The van der Waals surface area contributed by atoms with Crippen molar-refractivity contribution in [2.24, 2.45) is 0 Å². The van der Waals surface area contributed by atoms with Gasteiger partial charge in [0.05, 0.1) is 13.7 Å². The molecule has 0 bridgehead atoms. The molecular formula is C18H25NO5. The van der Waals surface area contributed by atoms with Crippen LogP contribution in [0.2, 0.25) is 0 Å². The first kappa shape index (κ1) is 17.0. The van der Waals surface area contributed by atoms with Gasteiger partial charge in [-0.2, -0.15) is 0 Å². The number of ether oxygens (including phenoxy) is 4. The molecule has 1 aromatic carbocycles. The average molecular weight is 335 g/mol. The summed E-state index contributed by atoms with van der Waals surface area (Å²) in [7, 11) is 1.57. The Labute approximate surface area is 142 Å². The third-order valence-corrected chi connectivity index (χ3v) is 4.08. The van der Waals surface area contributed by atoms with E-state index in [4.69, 9.17) is 18.9 Å². The fourth-order valence-electron chi connectivity index (χ4n) is 2.58. The van der Waals surface area contributed by atoms with E-state index in [2.05, 4.69) is 5.32 Å². The number of methoxy groups -OCH3 is 1. The first-order chi connectivity index (χ1) is 11.7. The van der Waals surface area contributed by atoms with Crippen LogP contribution < -0.4 is 14.8 Å². The number of carbonyl (C=O) groups is 1. The van der Waals surface area contributed by atoms with E-state index in [1.165, 1.54) is 0 Å². The molecule has 6 heteroatoms. The van der Waals surface area contributed by atoms with Crippen LogP contribution in [0.5, 0.6) is 11.5 Å². The lowest BCUT2D eigenvalue weighted by Crippen LogP contribution is -2.25. The molecule has 3 rings (SSSR count). The van der Waals surface area contributed by atoms with Crippen molar-refractivity contribution in [1.29, 1.82) is 0 Å². The van der Waals surface area contributed by atoms with Crippen molar-refractivity contribution in [2.45, 2.75) is 44.4 Å². The Morgan fingerprint density at radius 3 is 2.71 bits per heavy atom. The number of hydrogen-bond donors (Lipinski definition) is 1. The normalized spacial score (nSPS) is 20.5. The molecule has 2 aliphatic rings. The summed E-state index contributed by atoms with van der Waals surface area (Å²) in [6, 6.07) is 5.54. The molecule has 132 valence electrons. The molecule has 1 unspecified atom stereocenters. The van der Waals surface area contributed by atoms with Crippen molar-refractivity contribution in [3.8, 4) is 11.5 Å². The van der Waals surface area contributed by atoms with E-state index in [0.29, 0.717) is 36.3 Å². The van der Waals surface area contributed by atoms with Crippen LogP contribution >= 0.6 is 0 Å². The lowest BCUT2D eigenvalue weighted by atomic mass is 10.2. The third kappa shape index (κ3) is 5.11. The maximum absolute atomic E-state index is 12.2. The summed E-state index contributed by atoms with van der Waals surface area (Å²) in [5.41, 5.74) is 0.549. The second kappa shape index (κ2) is 8.35. The SMILES string of the molecule is COc1cc(OCCOC2CCCCO2)cc(C(=O)NC2CC2)c1. The highest BCUT2D eigenvalue weighted by Crippen LogP contribution is 2.25. The zero-order chi connectivity index (χ0) is 16.8. The first-order valence-corrected chi connectivity index (χ1v) is 8.60. The van der Waals surface area contributed by atoms with E-state index in [1.54, 1.807) is 25.3 Å². The van der Waals surface area contributed by atoms with Crippen LogP contribution in [-0.2, 0) is 9.47 Å². The second-order valence-electron chi connectivity index (χ2n) is 6.16. The van der Waals surface area contributed by atoms with Gasteiger partial charge in [0.1, 0.15) is 18.1 Å². The van der Waals surface area contributed by atoms with Crippen molar-refractivity contribution in [1.82, 2.24) is 5.32 Å². The minimum atomic E-state index is -0.118. The summed E-state index contributed by atoms with van der Waals surface area (Å²) in [5, 5.41) is 2.97. The fraction of sp³-hybridized carbons (Fsp3) is 0.611. The molecule has 0 aromatic heterocycles. The molecule has 0 radical (unpaired) electrons. The molecule has 6 nitrogen and oxygen atoms in total. The highest BCUT2D eigenvalue weighted by molar-refractivity contribution is 5.95. The van der Waals surface area contributed by atoms with Crippen LogP contribution in [0.1, 0.15) is 42.5 Å². The maximum Gasteiger partial charge on any atom is 0.251 e.